The molecule has 0 aliphatic carbocycles. The van der Waals surface area contributed by atoms with Crippen molar-refractivity contribution in [1.82, 2.24) is 4.31 Å². The van der Waals surface area contributed by atoms with Gasteiger partial charge in [0.1, 0.15) is 16.4 Å². The summed E-state index contributed by atoms with van der Waals surface area (Å²) < 4.78 is 42.6. The molecule has 2 aromatic carbocycles. The van der Waals surface area contributed by atoms with E-state index in [9.17, 15) is 18.0 Å². The van der Waals surface area contributed by atoms with Crippen LogP contribution in [-0.2, 0) is 19.6 Å². The number of benzene rings is 2. The minimum absolute atomic E-state index is 0.0169. The molecule has 172 valence electrons. The summed E-state index contributed by atoms with van der Waals surface area (Å²) in [5, 5.41) is 2.94. The number of nitrogens with one attached hydrogen (secondary N) is 1. The third-order valence-corrected chi connectivity index (χ3v) is 7.01. The van der Waals surface area contributed by atoms with Crippen LogP contribution in [-0.4, -0.2) is 58.5 Å². The molecule has 1 heterocycles. The van der Waals surface area contributed by atoms with Crippen LogP contribution in [0.4, 0.5) is 5.69 Å². The molecule has 3 rings (SSSR count). The summed E-state index contributed by atoms with van der Waals surface area (Å²) in [7, 11) is -1.03. The topological polar surface area (TPSA) is 111 Å². The van der Waals surface area contributed by atoms with Crippen LogP contribution < -0.4 is 14.8 Å². The number of hydrogen-bond donors (Lipinski definition) is 1. The van der Waals surface area contributed by atoms with Gasteiger partial charge in [-0.1, -0.05) is 11.6 Å². The lowest BCUT2D eigenvalue weighted by molar-refractivity contribution is -0.119. The number of nitrogens with zero attached hydrogens (tertiary/aromatic N) is 1. The summed E-state index contributed by atoms with van der Waals surface area (Å²) in [5.41, 5.74) is 0.307. The fraction of sp³-hybridized carbons (Fsp3) is 0.333. The lowest BCUT2D eigenvalue weighted by Gasteiger charge is -2.18. The summed E-state index contributed by atoms with van der Waals surface area (Å²) in [4.78, 5) is 24.6. The van der Waals surface area contributed by atoms with Gasteiger partial charge >= 0.3 is 5.97 Å². The second-order valence-corrected chi connectivity index (χ2v) is 9.29. The number of ether oxygens (including phenoxy) is 3. The molecule has 0 radical (unpaired) electrons. The highest BCUT2D eigenvalue weighted by atomic mass is 35.5. The predicted molar refractivity (Wildman–Crippen MR) is 118 cm³/mol. The number of halogens is 1. The monoisotopic (exact) mass is 482 g/mol. The molecule has 9 nitrogen and oxygen atoms in total. The van der Waals surface area contributed by atoms with Gasteiger partial charge in [0, 0.05) is 18.1 Å². The quantitative estimate of drug-likeness (QED) is 0.576. The van der Waals surface area contributed by atoms with Crippen molar-refractivity contribution in [1.29, 1.82) is 0 Å². The fourth-order valence-electron chi connectivity index (χ4n) is 3.25. The van der Waals surface area contributed by atoms with E-state index in [0.29, 0.717) is 29.5 Å². The number of carbonyl (C=O) groups is 2. The van der Waals surface area contributed by atoms with Gasteiger partial charge in [-0.2, -0.15) is 4.31 Å². The van der Waals surface area contributed by atoms with Gasteiger partial charge in [-0.3, -0.25) is 4.79 Å². The van der Waals surface area contributed by atoms with Crippen LogP contribution in [0.2, 0.25) is 5.02 Å². The Balaban J connectivity index is 1.71. The van der Waals surface area contributed by atoms with Gasteiger partial charge < -0.3 is 19.5 Å². The smallest absolute Gasteiger partial charge is 0.338 e. The Labute approximate surface area is 191 Å². The molecule has 1 N–H and O–H groups in total. The summed E-state index contributed by atoms with van der Waals surface area (Å²) in [5.74, 6) is -0.948. The highest BCUT2D eigenvalue weighted by molar-refractivity contribution is 7.89. The molecule has 2 aromatic rings. The molecule has 0 spiro atoms. The van der Waals surface area contributed by atoms with E-state index in [1.54, 1.807) is 12.1 Å². The van der Waals surface area contributed by atoms with Crippen LogP contribution in [0.15, 0.2) is 41.3 Å². The Morgan fingerprint density at radius 1 is 1.03 bits per heavy atom. The van der Waals surface area contributed by atoms with E-state index in [1.807, 2.05) is 0 Å². The highest BCUT2D eigenvalue weighted by Crippen LogP contribution is 2.30. The van der Waals surface area contributed by atoms with Crippen LogP contribution in [0, 0.1) is 0 Å². The molecule has 1 fully saturated rings. The molecule has 11 heteroatoms. The molecule has 0 atom stereocenters. The minimum Gasteiger partial charge on any atom is -0.495 e. The van der Waals surface area contributed by atoms with Crippen molar-refractivity contribution in [3.8, 4) is 11.5 Å². The number of hydrogen-bond acceptors (Lipinski definition) is 7. The van der Waals surface area contributed by atoms with Crippen molar-refractivity contribution < 1.29 is 32.2 Å². The Morgan fingerprint density at radius 3 is 2.34 bits per heavy atom. The number of esters is 1. The molecule has 1 aliphatic rings. The van der Waals surface area contributed by atoms with Gasteiger partial charge in [0.15, 0.2) is 6.61 Å². The molecule has 1 aliphatic heterocycles. The molecule has 32 heavy (non-hydrogen) atoms. The zero-order chi connectivity index (χ0) is 23.3. The van der Waals surface area contributed by atoms with Crippen molar-refractivity contribution >= 4 is 39.2 Å². The van der Waals surface area contributed by atoms with Gasteiger partial charge in [0.05, 0.1) is 25.5 Å². The fourth-order valence-corrected chi connectivity index (χ4v) is 5.12. The van der Waals surface area contributed by atoms with E-state index in [2.05, 4.69) is 5.32 Å². The largest absolute Gasteiger partial charge is 0.495 e. The Kier molecular flexibility index (Phi) is 7.60. The molecular formula is C21H23ClN2O7S. The van der Waals surface area contributed by atoms with E-state index >= 15 is 0 Å². The maximum absolute atomic E-state index is 13.0. The summed E-state index contributed by atoms with van der Waals surface area (Å²) in [6.45, 7) is 0.231. The number of carbonyl (C=O) groups excluding carboxylic acids is 2. The lowest BCUT2D eigenvalue weighted by Crippen LogP contribution is -2.28. The van der Waals surface area contributed by atoms with E-state index in [-0.39, 0.29) is 16.2 Å². The average Bonchev–Trinajstić information content (AvgIpc) is 3.33. The molecule has 0 aromatic heterocycles. The standard InChI is InChI=1S/C21H23ClN2O7S/c1-29-17-8-6-15(22)12-16(17)23-20(25)13-31-21(26)14-5-7-18(30-2)19(11-14)32(27,28)24-9-3-4-10-24/h5-8,11-12H,3-4,9-10,13H2,1-2H3,(H,23,25). The molecule has 1 saturated heterocycles. The first kappa shape index (κ1) is 23.8. The third-order valence-electron chi connectivity index (χ3n) is 4.85. The number of amides is 1. The van der Waals surface area contributed by atoms with Gasteiger partial charge in [0.25, 0.3) is 5.91 Å². The number of sulfonamides is 1. The van der Waals surface area contributed by atoms with E-state index < -0.39 is 28.5 Å². The van der Waals surface area contributed by atoms with Crippen LogP contribution >= 0.6 is 11.6 Å². The van der Waals surface area contributed by atoms with Crippen LogP contribution in [0.3, 0.4) is 0 Å². The lowest BCUT2D eigenvalue weighted by atomic mass is 10.2. The van der Waals surface area contributed by atoms with E-state index in [1.165, 1.54) is 42.8 Å². The van der Waals surface area contributed by atoms with Crippen molar-refractivity contribution in [2.75, 3.05) is 39.2 Å². The first-order valence-corrected chi connectivity index (χ1v) is 11.6. The van der Waals surface area contributed by atoms with Crippen LogP contribution in [0.1, 0.15) is 23.2 Å². The van der Waals surface area contributed by atoms with E-state index in [4.69, 9.17) is 25.8 Å². The molecule has 0 unspecified atom stereocenters. The summed E-state index contributed by atoms with van der Waals surface area (Å²) >= 11 is 5.93. The predicted octanol–water partition coefficient (Wildman–Crippen LogP) is 2.94. The number of anilines is 1. The minimum atomic E-state index is -3.83. The normalized spacial score (nSPS) is 14.1. The Morgan fingerprint density at radius 2 is 1.69 bits per heavy atom. The van der Waals surface area contributed by atoms with Gasteiger partial charge in [-0.25, -0.2) is 13.2 Å². The maximum Gasteiger partial charge on any atom is 0.338 e. The van der Waals surface area contributed by atoms with Gasteiger partial charge in [-0.15, -0.1) is 0 Å². The van der Waals surface area contributed by atoms with Crippen molar-refractivity contribution in [3.63, 3.8) is 0 Å². The van der Waals surface area contributed by atoms with Crippen LogP contribution in [0.25, 0.3) is 0 Å². The van der Waals surface area contributed by atoms with Crippen molar-refractivity contribution in [2.45, 2.75) is 17.7 Å². The average molecular weight is 483 g/mol. The number of methoxy groups -OCH3 is 2. The zero-order valence-corrected chi connectivity index (χ0v) is 19.2. The molecular weight excluding hydrogens is 460 g/mol. The Bertz CT molecular complexity index is 1120. The third kappa shape index (κ3) is 5.32. The maximum atomic E-state index is 13.0. The summed E-state index contributed by atoms with van der Waals surface area (Å²) in [6.07, 6.45) is 1.55. The highest BCUT2D eigenvalue weighted by Gasteiger charge is 2.31. The van der Waals surface area contributed by atoms with E-state index in [0.717, 1.165) is 12.8 Å². The van der Waals surface area contributed by atoms with Gasteiger partial charge in [-0.05, 0) is 49.2 Å². The van der Waals surface area contributed by atoms with Crippen molar-refractivity contribution in [2.24, 2.45) is 0 Å². The number of rotatable bonds is 8. The second kappa shape index (κ2) is 10.2. The second-order valence-electron chi connectivity index (χ2n) is 6.95. The molecule has 0 bridgehead atoms. The zero-order valence-electron chi connectivity index (χ0n) is 17.6. The molecule has 0 saturated carbocycles. The van der Waals surface area contributed by atoms with Crippen LogP contribution in [0.5, 0.6) is 11.5 Å². The Hall–Kier alpha value is -2.82. The SMILES string of the molecule is COc1ccc(Cl)cc1NC(=O)COC(=O)c1ccc(OC)c(S(=O)(=O)N2CCCC2)c1. The van der Waals surface area contributed by atoms with Crippen molar-refractivity contribution in [3.05, 3.63) is 47.0 Å². The van der Waals surface area contributed by atoms with Gasteiger partial charge in [0.2, 0.25) is 10.0 Å². The molecule has 1 amide bonds. The first-order chi connectivity index (χ1) is 15.3. The first-order valence-electron chi connectivity index (χ1n) is 9.75. The summed E-state index contributed by atoms with van der Waals surface area (Å²) in [6, 6.07) is 8.65.